The predicted octanol–water partition coefficient (Wildman–Crippen LogP) is -3.06. The molecule has 2 aromatic heterocycles. The second-order valence-corrected chi connectivity index (χ2v) is 8.53. The third-order valence-electron chi connectivity index (χ3n) is 4.97. The van der Waals surface area contributed by atoms with Gasteiger partial charge in [-0.15, -0.1) is 0 Å². The fourth-order valence-electron chi connectivity index (χ4n) is 3.45. The molecule has 4 rings (SSSR count). The number of esters is 1. The van der Waals surface area contributed by atoms with Crippen LogP contribution in [0.1, 0.15) is 12.6 Å². The van der Waals surface area contributed by atoms with Crippen molar-refractivity contribution in [1.82, 2.24) is 19.5 Å². The Bertz CT molecular complexity index is 1110. The molecule has 2 fully saturated rings. The quantitative estimate of drug-likeness (QED) is 0.161. The summed E-state index contributed by atoms with van der Waals surface area (Å²) in [6.45, 7) is -0.850. The number of nitrogens with one attached hydrogen (secondary N) is 2. The fraction of sp³-hybridized carbons (Fsp3) is 0.600. The molecule has 4 heterocycles. The number of phosphoric acid groups is 1. The number of phosphoric ester groups is 1. The van der Waals surface area contributed by atoms with Crippen LogP contribution in [0.15, 0.2) is 11.1 Å². The molecule has 0 saturated carbocycles. The summed E-state index contributed by atoms with van der Waals surface area (Å²) in [5.41, 5.74) is -0.897. The topological polar surface area (TPSA) is 239 Å². The van der Waals surface area contributed by atoms with Gasteiger partial charge in [0.2, 0.25) is 5.95 Å². The van der Waals surface area contributed by atoms with Gasteiger partial charge in [-0.2, -0.15) is 4.98 Å². The molecule has 0 radical (unpaired) electrons. The molecule has 0 aliphatic carbocycles. The summed E-state index contributed by atoms with van der Waals surface area (Å²) in [5, 5.41) is 32.9. The Hall–Kier alpha value is -2.43. The van der Waals surface area contributed by atoms with E-state index in [9.17, 15) is 29.5 Å². The van der Waals surface area contributed by atoms with Crippen molar-refractivity contribution in [2.45, 2.75) is 43.1 Å². The van der Waals surface area contributed by atoms with E-state index in [1.54, 1.807) is 0 Å². The Morgan fingerprint density at radius 3 is 2.75 bits per heavy atom. The minimum absolute atomic E-state index is 0.0255. The van der Waals surface area contributed by atoms with Crippen LogP contribution in [0, 0.1) is 0 Å². The summed E-state index contributed by atoms with van der Waals surface area (Å²) < 4.78 is 26.7. The molecule has 0 bridgehead atoms. The Labute approximate surface area is 178 Å². The molecule has 2 aliphatic heterocycles. The van der Waals surface area contributed by atoms with Crippen LogP contribution < -0.4 is 10.9 Å². The number of nitrogens with zero attached hydrogens (tertiary/aromatic N) is 3. The number of carbonyl (C=O) groups is 1. The zero-order valence-electron chi connectivity index (χ0n) is 16.1. The van der Waals surface area contributed by atoms with Crippen LogP contribution in [0.3, 0.4) is 0 Å². The minimum Gasteiger partial charge on any atom is -0.461 e. The van der Waals surface area contributed by atoms with E-state index in [2.05, 4.69) is 24.8 Å². The molecule has 7 N–H and O–H groups in total. The smallest absolute Gasteiger partial charge is 0.461 e. The standard InChI is InChI=1S/C15H20N5O11P/c21-5-1-6(14(25)29-2-5)17-15-18-11-8(12(24)19-15)16-4-20(11)13-10(23)9(22)7(31-13)3-30-32(26,27)28/h4-7,9-10,13,21-23H,1-3H2,(H2,26,27,28)(H2,17,18,19,24). The van der Waals surface area contributed by atoms with Crippen molar-refractivity contribution in [2.75, 3.05) is 18.5 Å². The molecule has 176 valence electrons. The summed E-state index contributed by atoms with van der Waals surface area (Å²) in [7, 11) is -4.84. The van der Waals surface area contributed by atoms with Gasteiger partial charge >= 0.3 is 13.8 Å². The number of aromatic nitrogens is 4. The average Bonchev–Trinajstić information content (AvgIpc) is 3.25. The summed E-state index contributed by atoms with van der Waals surface area (Å²) in [6.07, 6.45) is -5.48. The number of rotatable bonds is 6. The number of anilines is 1. The van der Waals surface area contributed by atoms with Crippen molar-refractivity contribution in [3.05, 3.63) is 16.7 Å². The number of H-pyrrole nitrogens is 1. The van der Waals surface area contributed by atoms with Crippen LogP contribution in [-0.4, -0.2) is 94.3 Å². The van der Waals surface area contributed by atoms with Gasteiger partial charge in [0.15, 0.2) is 17.4 Å². The van der Waals surface area contributed by atoms with Crippen molar-refractivity contribution in [3.63, 3.8) is 0 Å². The molecule has 2 aliphatic rings. The maximum absolute atomic E-state index is 12.4. The molecule has 16 nitrogen and oxygen atoms in total. The Balaban J connectivity index is 1.60. The maximum atomic E-state index is 12.4. The second-order valence-electron chi connectivity index (χ2n) is 7.29. The minimum atomic E-state index is -4.84. The molecule has 0 aromatic carbocycles. The number of cyclic esters (lactones) is 1. The highest BCUT2D eigenvalue weighted by molar-refractivity contribution is 7.46. The largest absolute Gasteiger partial charge is 0.469 e. The fourth-order valence-corrected chi connectivity index (χ4v) is 3.79. The van der Waals surface area contributed by atoms with E-state index >= 15 is 0 Å². The van der Waals surface area contributed by atoms with Crippen LogP contribution in [-0.2, 0) is 23.4 Å². The second kappa shape index (κ2) is 8.49. The van der Waals surface area contributed by atoms with Gasteiger partial charge in [-0.3, -0.25) is 18.9 Å². The summed E-state index contributed by atoms with van der Waals surface area (Å²) in [5.74, 6) is -0.785. The van der Waals surface area contributed by atoms with E-state index in [1.807, 2.05) is 0 Å². The lowest BCUT2D eigenvalue weighted by Gasteiger charge is -2.25. The van der Waals surface area contributed by atoms with E-state index in [0.717, 1.165) is 10.9 Å². The Morgan fingerprint density at radius 1 is 1.28 bits per heavy atom. The van der Waals surface area contributed by atoms with Gasteiger partial charge in [0.1, 0.15) is 31.0 Å². The molecular formula is C15H20N5O11P. The summed E-state index contributed by atoms with van der Waals surface area (Å²) in [4.78, 5) is 52.4. The molecule has 6 atom stereocenters. The first-order chi connectivity index (χ1) is 15.0. The lowest BCUT2D eigenvalue weighted by atomic mass is 10.1. The van der Waals surface area contributed by atoms with E-state index < -0.39 is 62.6 Å². The monoisotopic (exact) mass is 477 g/mol. The summed E-state index contributed by atoms with van der Waals surface area (Å²) >= 11 is 0. The number of hydrogen-bond acceptors (Lipinski definition) is 12. The van der Waals surface area contributed by atoms with Gasteiger partial charge in [-0.25, -0.2) is 14.3 Å². The first-order valence-corrected chi connectivity index (χ1v) is 10.9. The predicted molar refractivity (Wildman–Crippen MR) is 101 cm³/mol. The van der Waals surface area contributed by atoms with Gasteiger partial charge in [0.05, 0.1) is 19.0 Å². The van der Waals surface area contributed by atoms with Crippen LogP contribution in [0.4, 0.5) is 5.95 Å². The maximum Gasteiger partial charge on any atom is 0.469 e. The number of aliphatic hydroxyl groups is 3. The Kier molecular flexibility index (Phi) is 6.04. The first kappa shape index (κ1) is 22.8. The van der Waals surface area contributed by atoms with Crippen LogP contribution in [0.25, 0.3) is 11.2 Å². The van der Waals surface area contributed by atoms with Crippen LogP contribution in [0.5, 0.6) is 0 Å². The normalized spacial score (nSPS) is 31.1. The number of fused-ring (bicyclic) bond motifs is 1. The van der Waals surface area contributed by atoms with Gasteiger partial charge < -0.3 is 39.9 Å². The molecule has 2 saturated heterocycles. The molecule has 2 aromatic rings. The number of hydrogen-bond donors (Lipinski definition) is 7. The van der Waals surface area contributed by atoms with E-state index in [4.69, 9.17) is 19.3 Å². The lowest BCUT2D eigenvalue weighted by molar-refractivity contribution is -0.153. The third kappa shape index (κ3) is 4.53. The molecular weight excluding hydrogens is 457 g/mol. The van der Waals surface area contributed by atoms with Crippen molar-refractivity contribution >= 4 is 30.9 Å². The highest BCUT2D eigenvalue weighted by Gasteiger charge is 2.45. The molecule has 17 heteroatoms. The number of carbonyl (C=O) groups excluding carboxylic acids is 1. The average molecular weight is 477 g/mol. The van der Waals surface area contributed by atoms with Gasteiger partial charge in [0, 0.05) is 6.42 Å². The highest BCUT2D eigenvalue weighted by Crippen LogP contribution is 2.38. The third-order valence-corrected chi connectivity index (χ3v) is 5.46. The summed E-state index contributed by atoms with van der Waals surface area (Å²) in [6, 6.07) is -0.972. The molecule has 6 unspecified atom stereocenters. The van der Waals surface area contributed by atoms with Crippen molar-refractivity contribution < 1.29 is 48.5 Å². The zero-order chi connectivity index (χ0) is 23.2. The van der Waals surface area contributed by atoms with E-state index in [-0.39, 0.29) is 30.1 Å². The molecule has 32 heavy (non-hydrogen) atoms. The SMILES string of the molecule is O=C1OCC(O)CC1Nc1nc2c(ncn2C2OC(COP(=O)(O)O)C(O)C2O)c(=O)[nH]1. The van der Waals surface area contributed by atoms with Crippen molar-refractivity contribution in [1.29, 1.82) is 0 Å². The number of imidazole rings is 1. The molecule has 0 amide bonds. The van der Waals surface area contributed by atoms with Gasteiger partial charge in [-0.05, 0) is 0 Å². The van der Waals surface area contributed by atoms with Crippen LogP contribution >= 0.6 is 7.82 Å². The van der Waals surface area contributed by atoms with Gasteiger partial charge in [-0.1, -0.05) is 0 Å². The van der Waals surface area contributed by atoms with Crippen molar-refractivity contribution in [2.24, 2.45) is 0 Å². The van der Waals surface area contributed by atoms with Crippen molar-refractivity contribution in [3.8, 4) is 0 Å². The Morgan fingerprint density at radius 2 is 2.03 bits per heavy atom. The number of aromatic amines is 1. The van der Waals surface area contributed by atoms with Crippen LogP contribution in [0.2, 0.25) is 0 Å². The van der Waals surface area contributed by atoms with E-state index in [1.165, 1.54) is 0 Å². The highest BCUT2D eigenvalue weighted by atomic mass is 31.2. The first-order valence-electron chi connectivity index (χ1n) is 9.33. The number of aliphatic hydroxyl groups excluding tert-OH is 3. The zero-order valence-corrected chi connectivity index (χ0v) is 17.0. The van der Waals surface area contributed by atoms with E-state index in [0.29, 0.717) is 0 Å². The number of ether oxygens (including phenoxy) is 2. The van der Waals surface area contributed by atoms with Gasteiger partial charge in [0.25, 0.3) is 5.56 Å². The lowest BCUT2D eigenvalue weighted by Crippen LogP contribution is -2.42. The molecule has 0 spiro atoms.